The normalized spacial score (nSPS) is 12.3. The molecule has 0 amide bonds. The molecule has 0 radical (unpaired) electrons. The molecular formula is C17H23N3. The van der Waals surface area contributed by atoms with Crippen LogP contribution in [-0.2, 0) is 13.0 Å². The summed E-state index contributed by atoms with van der Waals surface area (Å²) >= 11 is 0. The Labute approximate surface area is 121 Å². The molecule has 20 heavy (non-hydrogen) atoms. The van der Waals surface area contributed by atoms with Gasteiger partial charge in [-0.15, -0.1) is 0 Å². The molecule has 0 spiro atoms. The minimum absolute atomic E-state index is 0.365. The van der Waals surface area contributed by atoms with E-state index in [4.69, 9.17) is 0 Å². The van der Waals surface area contributed by atoms with E-state index in [1.54, 1.807) is 0 Å². The summed E-state index contributed by atoms with van der Waals surface area (Å²) in [6.07, 6.45) is 5.80. The zero-order valence-corrected chi connectivity index (χ0v) is 12.6. The van der Waals surface area contributed by atoms with E-state index in [0.29, 0.717) is 6.04 Å². The van der Waals surface area contributed by atoms with E-state index in [-0.39, 0.29) is 0 Å². The first-order chi connectivity index (χ1) is 9.72. The fourth-order valence-electron chi connectivity index (χ4n) is 2.22. The van der Waals surface area contributed by atoms with E-state index in [1.807, 2.05) is 19.3 Å². The van der Waals surface area contributed by atoms with Gasteiger partial charge in [0.25, 0.3) is 0 Å². The standard InChI is InChI=1S/C17H23N3/c1-4-14-6-8-15(9-7-14)17(5-2)20-12-16-11-18-13(3)10-19-16/h6-11,17,20H,4-5,12H2,1-3H3. The van der Waals surface area contributed by atoms with Gasteiger partial charge >= 0.3 is 0 Å². The summed E-state index contributed by atoms with van der Waals surface area (Å²) in [6, 6.07) is 9.24. The van der Waals surface area contributed by atoms with Crippen LogP contribution in [0.4, 0.5) is 0 Å². The quantitative estimate of drug-likeness (QED) is 0.871. The molecule has 1 aromatic carbocycles. The Kier molecular flexibility index (Phi) is 5.24. The largest absolute Gasteiger partial charge is 0.304 e. The van der Waals surface area contributed by atoms with Gasteiger partial charge < -0.3 is 5.32 Å². The maximum atomic E-state index is 4.38. The lowest BCUT2D eigenvalue weighted by Crippen LogP contribution is -2.21. The first-order valence-corrected chi connectivity index (χ1v) is 7.32. The monoisotopic (exact) mass is 269 g/mol. The SMILES string of the molecule is CCc1ccc(C(CC)NCc2cnc(C)cn2)cc1. The van der Waals surface area contributed by atoms with E-state index in [2.05, 4.69) is 53.4 Å². The van der Waals surface area contributed by atoms with Crippen molar-refractivity contribution in [1.29, 1.82) is 0 Å². The van der Waals surface area contributed by atoms with E-state index in [9.17, 15) is 0 Å². The molecule has 0 bridgehead atoms. The molecular weight excluding hydrogens is 246 g/mol. The number of aromatic nitrogens is 2. The van der Waals surface area contributed by atoms with Crippen LogP contribution in [0.3, 0.4) is 0 Å². The van der Waals surface area contributed by atoms with Gasteiger partial charge in [-0.05, 0) is 30.9 Å². The first-order valence-electron chi connectivity index (χ1n) is 7.32. The molecule has 2 aromatic rings. The fraction of sp³-hybridized carbons (Fsp3) is 0.412. The van der Waals surface area contributed by atoms with E-state index in [1.165, 1.54) is 11.1 Å². The second kappa shape index (κ2) is 7.15. The van der Waals surface area contributed by atoms with Crippen LogP contribution in [0.15, 0.2) is 36.7 Å². The number of hydrogen-bond donors (Lipinski definition) is 1. The van der Waals surface area contributed by atoms with Crippen molar-refractivity contribution >= 4 is 0 Å². The topological polar surface area (TPSA) is 37.8 Å². The molecule has 1 N–H and O–H groups in total. The fourth-order valence-corrected chi connectivity index (χ4v) is 2.22. The summed E-state index contributed by atoms with van der Waals surface area (Å²) in [5.74, 6) is 0. The van der Waals surface area contributed by atoms with Crippen LogP contribution >= 0.6 is 0 Å². The van der Waals surface area contributed by atoms with Gasteiger partial charge in [0.05, 0.1) is 11.4 Å². The highest BCUT2D eigenvalue weighted by Crippen LogP contribution is 2.18. The van der Waals surface area contributed by atoms with Crippen LogP contribution in [0.25, 0.3) is 0 Å². The number of rotatable bonds is 6. The molecule has 1 aromatic heterocycles. The Balaban J connectivity index is 1.99. The highest BCUT2D eigenvalue weighted by atomic mass is 14.9. The van der Waals surface area contributed by atoms with Crippen molar-refractivity contribution in [2.24, 2.45) is 0 Å². The van der Waals surface area contributed by atoms with Crippen molar-refractivity contribution in [3.8, 4) is 0 Å². The van der Waals surface area contributed by atoms with Gasteiger partial charge in [-0.25, -0.2) is 0 Å². The Bertz CT molecular complexity index is 517. The second-order valence-electron chi connectivity index (χ2n) is 5.09. The van der Waals surface area contributed by atoms with Crippen LogP contribution in [-0.4, -0.2) is 9.97 Å². The summed E-state index contributed by atoms with van der Waals surface area (Å²) in [7, 11) is 0. The number of benzene rings is 1. The molecule has 0 aliphatic rings. The van der Waals surface area contributed by atoms with Crippen molar-refractivity contribution < 1.29 is 0 Å². The Morgan fingerprint density at radius 1 is 1.05 bits per heavy atom. The number of aryl methyl sites for hydroxylation is 2. The summed E-state index contributed by atoms with van der Waals surface area (Å²) < 4.78 is 0. The summed E-state index contributed by atoms with van der Waals surface area (Å²) in [6.45, 7) is 7.09. The maximum absolute atomic E-state index is 4.38. The lowest BCUT2D eigenvalue weighted by atomic mass is 10.0. The van der Waals surface area contributed by atoms with Gasteiger partial charge in [0.1, 0.15) is 0 Å². The minimum Gasteiger partial charge on any atom is -0.304 e. The number of nitrogens with zero attached hydrogens (tertiary/aromatic N) is 2. The van der Waals surface area contributed by atoms with Crippen molar-refractivity contribution in [1.82, 2.24) is 15.3 Å². The zero-order valence-electron chi connectivity index (χ0n) is 12.6. The number of nitrogens with one attached hydrogen (secondary N) is 1. The number of hydrogen-bond acceptors (Lipinski definition) is 3. The predicted octanol–water partition coefficient (Wildman–Crippen LogP) is 3.59. The van der Waals surface area contributed by atoms with Gasteiger partial charge in [-0.2, -0.15) is 0 Å². The van der Waals surface area contributed by atoms with Crippen LogP contribution in [0, 0.1) is 6.92 Å². The molecule has 0 aliphatic carbocycles. The molecule has 106 valence electrons. The zero-order chi connectivity index (χ0) is 14.4. The molecule has 3 heteroatoms. The average Bonchev–Trinajstić information content (AvgIpc) is 2.50. The van der Waals surface area contributed by atoms with Crippen molar-refractivity contribution in [2.75, 3.05) is 0 Å². The Hall–Kier alpha value is -1.74. The molecule has 1 heterocycles. The molecule has 2 rings (SSSR count). The van der Waals surface area contributed by atoms with Crippen molar-refractivity contribution in [3.63, 3.8) is 0 Å². The third kappa shape index (κ3) is 3.87. The molecule has 0 fully saturated rings. The van der Waals surface area contributed by atoms with E-state index < -0.39 is 0 Å². The first kappa shape index (κ1) is 14.7. The minimum atomic E-state index is 0.365. The molecule has 1 unspecified atom stereocenters. The lowest BCUT2D eigenvalue weighted by molar-refractivity contribution is 0.513. The second-order valence-corrected chi connectivity index (χ2v) is 5.09. The van der Waals surface area contributed by atoms with Crippen LogP contribution in [0.2, 0.25) is 0 Å². The van der Waals surface area contributed by atoms with Crippen LogP contribution < -0.4 is 5.32 Å². The van der Waals surface area contributed by atoms with Gasteiger partial charge in [0, 0.05) is 25.0 Å². The lowest BCUT2D eigenvalue weighted by Gasteiger charge is -2.17. The molecule has 3 nitrogen and oxygen atoms in total. The third-order valence-electron chi connectivity index (χ3n) is 3.56. The van der Waals surface area contributed by atoms with E-state index in [0.717, 1.165) is 30.8 Å². The summed E-state index contributed by atoms with van der Waals surface area (Å²) in [5.41, 5.74) is 4.66. The van der Waals surface area contributed by atoms with E-state index >= 15 is 0 Å². The van der Waals surface area contributed by atoms with Gasteiger partial charge in [-0.1, -0.05) is 38.1 Å². The molecule has 0 saturated carbocycles. The summed E-state index contributed by atoms with van der Waals surface area (Å²) in [4.78, 5) is 8.66. The highest BCUT2D eigenvalue weighted by Gasteiger charge is 2.08. The Morgan fingerprint density at radius 2 is 1.80 bits per heavy atom. The molecule has 0 saturated heterocycles. The average molecular weight is 269 g/mol. The predicted molar refractivity (Wildman–Crippen MR) is 82.5 cm³/mol. The van der Waals surface area contributed by atoms with Crippen molar-refractivity contribution in [2.45, 2.75) is 46.2 Å². The third-order valence-corrected chi connectivity index (χ3v) is 3.56. The Morgan fingerprint density at radius 3 is 2.35 bits per heavy atom. The summed E-state index contributed by atoms with van der Waals surface area (Å²) in [5, 5.41) is 3.56. The smallest absolute Gasteiger partial charge is 0.0724 e. The van der Waals surface area contributed by atoms with Gasteiger partial charge in [0.15, 0.2) is 0 Å². The van der Waals surface area contributed by atoms with Crippen LogP contribution in [0.5, 0.6) is 0 Å². The maximum Gasteiger partial charge on any atom is 0.0724 e. The van der Waals surface area contributed by atoms with Crippen LogP contribution in [0.1, 0.15) is 48.8 Å². The highest BCUT2D eigenvalue weighted by molar-refractivity contribution is 5.25. The molecule has 0 aliphatic heterocycles. The molecule has 1 atom stereocenters. The van der Waals surface area contributed by atoms with Crippen molar-refractivity contribution in [3.05, 3.63) is 59.2 Å². The van der Waals surface area contributed by atoms with Gasteiger partial charge in [0.2, 0.25) is 0 Å². The van der Waals surface area contributed by atoms with Gasteiger partial charge in [-0.3, -0.25) is 9.97 Å².